The molecule has 1 heterocycles. The summed E-state index contributed by atoms with van der Waals surface area (Å²) in [7, 11) is 0. The molecule has 0 saturated heterocycles. The fourth-order valence-electron chi connectivity index (χ4n) is 2.31. The first-order valence-electron chi connectivity index (χ1n) is 5.16. The topological polar surface area (TPSA) is 12.0 Å². The van der Waals surface area contributed by atoms with Crippen molar-refractivity contribution in [3.63, 3.8) is 0 Å². The van der Waals surface area contributed by atoms with E-state index >= 15 is 0 Å². The average Bonchev–Trinajstić information content (AvgIpc) is 2.42. The third-order valence-electron chi connectivity index (χ3n) is 3.01. The third-order valence-corrected chi connectivity index (χ3v) is 3.01. The minimum Gasteiger partial charge on any atom is -0.391 e. The Labute approximate surface area is 96.4 Å². The maximum Gasteiger partial charge on any atom is 0.0182 e. The second-order valence-corrected chi connectivity index (χ2v) is 3.85. The molecule has 0 spiro atoms. The van der Waals surface area contributed by atoms with Crippen molar-refractivity contribution in [2.24, 2.45) is 0 Å². The normalized spacial score (nSPS) is 21.9. The van der Waals surface area contributed by atoms with Gasteiger partial charge in [-0.05, 0) is 53.5 Å². The monoisotopic (exact) mass is 219 g/mol. The zero-order chi connectivity index (χ0) is 9.38. The molecule has 0 saturated carbocycles. The molecule has 1 nitrogen and oxygen atoms in total. The molecule has 0 radical (unpaired) electrons. The second-order valence-electron chi connectivity index (χ2n) is 3.85. The third kappa shape index (κ3) is 1.68. The SMILES string of the molecule is C1=CCC2=C3CCNC=CC3=CC2=C1.Cl. The number of halogens is 1. The minimum absolute atomic E-state index is 0. The first kappa shape index (κ1) is 10.3. The van der Waals surface area contributed by atoms with Crippen LogP contribution in [0.5, 0.6) is 0 Å². The predicted octanol–water partition coefficient (Wildman–Crippen LogP) is 3.04. The predicted molar refractivity (Wildman–Crippen MR) is 66.0 cm³/mol. The standard InChI is InChI=1S/C13H13N.ClH/c1-2-4-12-10(3-1)9-11-5-7-14-8-6-13(11)12;/h1-3,5,7,9,14H,4,6,8H2;1H. The number of hydrogen-bond donors (Lipinski definition) is 1. The van der Waals surface area contributed by atoms with Crippen LogP contribution < -0.4 is 5.32 Å². The van der Waals surface area contributed by atoms with Crippen LogP contribution in [-0.4, -0.2) is 6.54 Å². The van der Waals surface area contributed by atoms with Gasteiger partial charge in [-0.2, -0.15) is 0 Å². The van der Waals surface area contributed by atoms with Crippen LogP contribution in [0.1, 0.15) is 12.8 Å². The summed E-state index contributed by atoms with van der Waals surface area (Å²) in [5.74, 6) is 0. The van der Waals surface area contributed by atoms with Crippen LogP contribution >= 0.6 is 12.4 Å². The molecule has 3 rings (SSSR count). The molecule has 0 bridgehead atoms. The molecule has 1 aliphatic heterocycles. The Kier molecular flexibility index (Phi) is 2.83. The largest absolute Gasteiger partial charge is 0.391 e. The first-order valence-corrected chi connectivity index (χ1v) is 5.16. The average molecular weight is 220 g/mol. The second kappa shape index (κ2) is 4.11. The van der Waals surface area contributed by atoms with Gasteiger partial charge in [0.15, 0.2) is 0 Å². The summed E-state index contributed by atoms with van der Waals surface area (Å²) in [4.78, 5) is 0. The molecule has 3 aliphatic rings. The fourth-order valence-corrected chi connectivity index (χ4v) is 2.31. The molecule has 1 N–H and O–H groups in total. The fraction of sp³-hybridized carbons (Fsp3) is 0.231. The van der Waals surface area contributed by atoms with Crippen molar-refractivity contribution in [2.75, 3.05) is 6.54 Å². The van der Waals surface area contributed by atoms with E-state index in [0.29, 0.717) is 0 Å². The molecule has 0 aromatic rings. The molecule has 0 atom stereocenters. The van der Waals surface area contributed by atoms with Crippen LogP contribution in [0, 0.1) is 0 Å². The quantitative estimate of drug-likeness (QED) is 0.661. The summed E-state index contributed by atoms with van der Waals surface area (Å²) in [6.07, 6.45) is 15.4. The van der Waals surface area contributed by atoms with Crippen LogP contribution in [0.3, 0.4) is 0 Å². The van der Waals surface area contributed by atoms with Crippen molar-refractivity contribution in [1.29, 1.82) is 0 Å². The molecule has 0 fully saturated rings. The molecule has 0 aromatic carbocycles. The lowest BCUT2D eigenvalue weighted by Gasteiger charge is -2.09. The van der Waals surface area contributed by atoms with Gasteiger partial charge in [0.2, 0.25) is 0 Å². The molecular weight excluding hydrogens is 206 g/mol. The van der Waals surface area contributed by atoms with Crippen molar-refractivity contribution in [3.05, 3.63) is 58.9 Å². The van der Waals surface area contributed by atoms with Crippen LogP contribution in [0.2, 0.25) is 0 Å². The van der Waals surface area contributed by atoms with Gasteiger partial charge in [-0.3, -0.25) is 0 Å². The molecule has 0 amide bonds. The van der Waals surface area contributed by atoms with E-state index in [1.165, 1.54) is 16.7 Å². The number of hydrogen-bond acceptors (Lipinski definition) is 1. The zero-order valence-corrected chi connectivity index (χ0v) is 9.31. The van der Waals surface area contributed by atoms with Gasteiger partial charge in [-0.25, -0.2) is 0 Å². The Morgan fingerprint density at radius 1 is 1.13 bits per heavy atom. The van der Waals surface area contributed by atoms with E-state index in [9.17, 15) is 0 Å². The van der Waals surface area contributed by atoms with E-state index in [0.717, 1.165) is 19.4 Å². The van der Waals surface area contributed by atoms with Gasteiger partial charge in [0.1, 0.15) is 0 Å². The van der Waals surface area contributed by atoms with Crippen LogP contribution in [0.4, 0.5) is 0 Å². The number of allylic oxidation sites excluding steroid dienone is 8. The smallest absolute Gasteiger partial charge is 0.0182 e. The summed E-state index contributed by atoms with van der Waals surface area (Å²) >= 11 is 0. The summed E-state index contributed by atoms with van der Waals surface area (Å²) in [6.45, 7) is 1.06. The highest BCUT2D eigenvalue weighted by molar-refractivity contribution is 5.85. The Morgan fingerprint density at radius 2 is 2.07 bits per heavy atom. The van der Waals surface area contributed by atoms with Crippen LogP contribution in [-0.2, 0) is 0 Å². The van der Waals surface area contributed by atoms with E-state index in [1.54, 1.807) is 5.57 Å². The molecule has 2 heteroatoms. The van der Waals surface area contributed by atoms with Gasteiger partial charge >= 0.3 is 0 Å². The maximum absolute atomic E-state index is 3.28. The summed E-state index contributed by atoms with van der Waals surface area (Å²) in [5.41, 5.74) is 5.90. The molecule has 2 aliphatic carbocycles. The van der Waals surface area contributed by atoms with Gasteiger partial charge < -0.3 is 5.32 Å². The van der Waals surface area contributed by atoms with Crippen LogP contribution in [0.15, 0.2) is 58.9 Å². The van der Waals surface area contributed by atoms with Crippen molar-refractivity contribution in [1.82, 2.24) is 5.32 Å². The number of rotatable bonds is 0. The van der Waals surface area contributed by atoms with E-state index in [-0.39, 0.29) is 12.4 Å². The lowest BCUT2D eigenvalue weighted by atomic mass is 9.96. The van der Waals surface area contributed by atoms with Gasteiger partial charge in [0.25, 0.3) is 0 Å². The van der Waals surface area contributed by atoms with Gasteiger partial charge in [-0.1, -0.05) is 18.2 Å². The summed E-state index contributed by atoms with van der Waals surface area (Å²) < 4.78 is 0. The Morgan fingerprint density at radius 3 is 3.00 bits per heavy atom. The summed E-state index contributed by atoms with van der Waals surface area (Å²) in [6, 6.07) is 0. The minimum atomic E-state index is 0. The Hall–Kier alpha value is -1.21. The molecule has 78 valence electrons. The van der Waals surface area contributed by atoms with E-state index in [1.807, 2.05) is 0 Å². The van der Waals surface area contributed by atoms with Gasteiger partial charge in [0, 0.05) is 6.54 Å². The highest BCUT2D eigenvalue weighted by Crippen LogP contribution is 2.37. The lowest BCUT2D eigenvalue weighted by Crippen LogP contribution is -2.05. The highest BCUT2D eigenvalue weighted by atomic mass is 35.5. The van der Waals surface area contributed by atoms with E-state index < -0.39 is 0 Å². The van der Waals surface area contributed by atoms with Crippen molar-refractivity contribution < 1.29 is 0 Å². The maximum atomic E-state index is 3.28. The molecule has 0 unspecified atom stereocenters. The van der Waals surface area contributed by atoms with Crippen molar-refractivity contribution in [2.45, 2.75) is 12.8 Å². The van der Waals surface area contributed by atoms with E-state index in [2.05, 4.69) is 41.9 Å². The lowest BCUT2D eigenvalue weighted by molar-refractivity contribution is 0.839. The molecule has 0 aromatic heterocycles. The first-order chi connectivity index (χ1) is 6.95. The molecular formula is C13H14ClN. The van der Waals surface area contributed by atoms with E-state index in [4.69, 9.17) is 0 Å². The zero-order valence-electron chi connectivity index (χ0n) is 8.49. The number of fused-ring (bicyclic) bond motifs is 2. The van der Waals surface area contributed by atoms with Crippen LogP contribution in [0.25, 0.3) is 0 Å². The molecule has 15 heavy (non-hydrogen) atoms. The number of nitrogens with one attached hydrogen (secondary N) is 1. The van der Waals surface area contributed by atoms with Gasteiger partial charge in [-0.15, -0.1) is 12.4 Å². The Bertz CT molecular complexity index is 422. The highest BCUT2D eigenvalue weighted by Gasteiger charge is 2.20. The summed E-state index contributed by atoms with van der Waals surface area (Å²) in [5, 5.41) is 3.28. The van der Waals surface area contributed by atoms with Crippen molar-refractivity contribution in [3.8, 4) is 0 Å². The van der Waals surface area contributed by atoms with Crippen molar-refractivity contribution >= 4 is 12.4 Å². The van der Waals surface area contributed by atoms with Gasteiger partial charge in [0.05, 0.1) is 0 Å². The Balaban J connectivity index is 0.000000853.